The Balaban J connectivity index is 1.33. The molecule has 5 aromatic rings. The van der Waals surface area contributed by atoms with Crippen LogP contribution in [0.4, 0.5) is 5.69 Å². The summed E-state index contributed by atoms with van der Waals surface area (Å²) in [5, 5.41) is 13.3. The number of aromatic nitrogens is 1. The van der Waals surface area contributed by atoms with Gasteiger partial charge in [0, 0.05) is 11.3 Å². The van der Waals surface area contributed by atoms with E-state index in [1.54, 1.807) is 30.3 Å². The topological polar surface area (TPSA) is 84.6 Å². The van der Waals surface area contributed by atoms with E-state index in [0.717, 1.165) is 23.1 Å². The van der Waals surface area contributed by atoms with Gasteiger partial charge >= 0.3 is 0 Å². The molecular weight excluding hydrogens is 440 g/mol. The van der Waals surface area contributed by atoms with Gasteiger partial charge in [-0.05, 0) is 66.1 Å². The molecule has 0 atom stereocenters. The minimum Gasteiger partial charge on any atom is -0.507 e. The third-order valence-corrected chi connectivity index (χ3v) is 5.69. The second kappa shape index (κ2) is 9.73. The molecule has 0 unspecified atom stereocenters. The molecule has 0 saturated heterocycles. The normalized spacial score (nSPS) is 10.9. The highest BCUT2D eigenvalue weighted by atomic mass is 16.5. The van der Waals surface area contributed by atoms with Crippen LogP contribution in [0, 0.1) is 0 Å². The van der Waals surface area contributed by atoms with Crippen molar-refractivity contribution in [3.63, 3.8) is 0 Å². The van der Waals surface area contributed by atoms with E-state index < -0.39 is 0 Å². The zero-order valence-corrected chi connectivity index (χ0v) is 19.2. The Labute approximate surface area is 202 Å². The van der Waals surface area contributed by atoms with Crippen LogP contribution in [0.1, 0.15) is 28.4 Å². The minimum absolute atomic E-state index is 0.0154. The number of aromatic hydroxyl groups is 1. The maximum atomic E-state index is 12.9. The van der Waals surface area contributed by atoms with Crippen molar-refractivity contribution >= 4 is 22.7 Å². The second-order valence-corrected chi connectivity index (χ2v) is 8.16. The number of fused-ring (bicyclic) bond motifs is 1. The highest BCUT2D eigenvalue weighted by Crippen LogP contribution is 2.33. The number of aryl methyl sites for hydroxylation is 1. The first-order valence-electron chi connectivity index (χ1n) is 11.4. The number of carbonyl (C=O) groups is 1. The van der Waals surface area contributed by atoms with Crippen molar-refractivity contribution in [1.82, 2.24) is 4.98 Å². The minimum atomic E-state index is -0.294. The maximum Gasteiger partial charge on any atom is 0.255 e. The molecule has 5 rings (SSSR count). The van der Waals surface area contributed by atoms with Crippen LogP contribution in [0.5, 0.6) is 11.5 Å². The SMILES string of the molecule is CCc1ccc2oc(-c3cc(NC(=O)c4cccc(OCc5ccccc5)c4)ccc3O)nc2c1. The van der Waals surface area contributed by atoms with Gasteiger partial charge in [0.1, 0.15) is 23.6 Å². The molecule has 0 aliphatic heterocycles. The fourth-order valence-electron chi connectivity index (χ4n) is 3.76. The van der Waals surface area contributed by atoms with Crippen molar-refractivity contribution in [1.29, 1.82) is 0 Å². The van der Waals surface area contributed by atoms with Crippen molar-refractivity contribution < 1.29 is 19.1 Å². The van der Waals surface area contributed by atoms with E-state index in [4.69, 9.17) is 9.15 Å². The molecule has 0 bridgehead atoms. The number of phenolic OH excluding ortho intramolecular Hbond substituents is 1. The molecule has 1 aromatic heterocycles. The number of benzene rings is 4. The fourth-order valence-corrected chi connectivity index (χ4v) is 3.76. The first-order chi connectivity index (χ1) is 17.1. The monoisotopic (exact) mass is 464 g/mol. The third-order valence-electron chi connectivity index (χ3n) is 5.69. The van der Waals surface area contributed by atoms with E-state index in [1.807, 2.05) is 54.6 Å². The van der Waals surface area contributed by atoms with Gasteiger partial charge in [-0.25, -0.2) is 4.98 Å². The highest BCUT2D eigenvalue weighted by Gasteiger charge is 2.15. The lowest BCUT2D eigenvalue weighted by Gasteiger charge is -2.10. The summed E-state index contributed by atoms with van der Waals surface area (Å²) in [5.41, 5.74) is 4.92. The molecule has 0 spiro atoms. The van der Waals surface area contributed by atoms with E-state index in [1.165, 1.54) is 6.07 Å². The van der Waals surface area contributed by atoms with Gasteiger partial charge in [0.05, 0.1) is 5.56 Å². The van der Waals surface area contributed by atoms with Gasteiger partial charge in [-0.1, -0.05) is 49.4 Å². The van der Waals surface area contributed by atoms with Gasteiger partial charge in [0.2, 0.25) is 5.89 Å². The van der Waals surface area contributed by atoms with Crippen LogP contribution in [0.25, 0.3) is 22.6 Å². The molecule has 1 heterocycles. The summed E-state index contributed by atoms with van der Waals surface area (Å²) >= 11 is 0. The summed E-state index contributed by atoms with van der Waals surface area (Å²) in [6.07, 6.45) is 0.892. The van der Waals surface area contributed by atoms with Crippen LogP contribution in [0.2, 0.25) is 0 Å². The largest absolute Gasteiger partial charge is 0.507 e. The van der Waals surface area contributed by atoms with E-state index in [0.29, 0.717) is 34.8 Å². The van der Waals surface area contributed by atoms with Crippen molar-refractivity contribution in [2.24, 2.45) is 0 Å². The summed E-state index contributed by atoms with van der Waals surface area (Å²) < 4.78 is 11.7. The average molecular weight is 465 g/mol. The molecule has 2 N–H and O–H groups in total. The Morgan fingerprint density at radius 1 is 0.943 bits per heavy atom. The van der Waals surface area contributed by atoms with Crippen molar-refractivity contribution in [3.05, 3.63) is 108 Å². The predicted octanol–water partition coefficient (Wildman–Crippen LogP) is 6.59. The summed E-state index contributed by atoms with van der Waals surface area (Å²) in [6, 6.07) is 27.5. The lowest BCUT2D eigenvalue weighted by Crippen LogP contribution is -2.12. The van der Waals surface area contributed by atoms with E-state index in [-0.39, 0.29) is 17.5 Å². The summed E-state index contributed by atoms with van der Waals surface area (Å²) in [7, 11) is 0. The first-order valence-corrected chi connectivity index (χ1v) is 11.4. The van der Waals surface area contributed by atoms with Crippen molar-refractivity contribution in [2.75, 3.05) is 5.32 Å². The average Bonchev–Trinajstić information content (AvgIpc) is 3.32. The molecule has 0 aliphatic rings. The lowest BCUT2D eigenvalue weighted by atomic mass is 10.1. The summed E-state index contributed by atoms with van der Waals surface area (Å²) in [6.45, 7) is 2.49. The Morgan fingerprint density at radius 3 is 2.63 bits per heavy atom. The maximum absolute atomic E-state index is 12.9. The number of phenols is 1. The molecule has 1 amide bonds. The molecule has 6 heteroatoms. The molecule has 6 nitrogen and oxygen atoms in total. The molecular formula is C29H24N2O4. The summed E-state index contributed by atoms with van der Waals surface area (Å²) in [5.74, 6) is 0.613. The number of hydrogen-bond acceptors (Lipinski definition) is 5. The van der Waals surface area contributed by atoms with Gasteiger partial charge in [-0.2, -0.15) is 0 Å². The number of nitrogens with zero attached hydrogens (tertiary/aromatic N) is 1. The van der Waals surface area contributed by atoms with E-state index in [9.17, 15) is 9.90 Å². The van der Waals surface area contributed by atoms with Crippen LogP contribution < -0.4 is 10.1 Å². The predicted molar refractivity (Wildman–Crippen MR) is 136 cm³/mol. The van der Waals surface area contributed by atoms with Crippen molar-refractivity contribution in [2.45, 2.75) is 20.0 Å². The number of anilines is 1. The zero-order valence-electron chi connectivity index (χ0n) is 19.2. The number of nitrogens with one attached hydrogen (secondary N) is 1. The number of hydrogen-bond donors (Lipinski definition) is 2. The molecule has 0 saturated carbocycles. The third kappa shape index (κ3) is 5.01. The van der Waals surface area contributed by atoms with Crippen LogP contribution in [-0.4, -0.2) is 16.0 Å². The van der Waals surface area contributed by atoms with Gasteiger partial charge in [0.15, 0.2) is 5.58 Å². The van der Waals surface area contributed by atoms with Gasteiger partial charge < -0.3 is 19.6 Å². The van der Waals surface area contributed by atoms with Crippen LogP contribution in [0.3, 0.4) is 0 Å². The Hall–Kier alpha value is -4.58. The number of oxazole rings is 1. The number of rotatable bonds is 7. The second-order valence-electron chi connectivity index (χ2n) is 8.16. The Kier molecular flexibility index (Phi) is 6.18. The molecule has 35 heavy (non-hydrogen) atoms. The molecule has 174 valence electrons. The number of amides is 1. The van der Waals surface area contributed by atoms with E-state index >= 15 is 0 Å². The number of carbonyl (C=O) groups excluding carboxylic acids is 1. The van der Waals surface area contributed by atoms with Crippen LogP contribution in [-0.2, 0) is 13.0 Å². The van der Waals surface area contributed by atoms with Gasteiger partial charge in [-0.3, -0.25) is 4.79 Å². The highest BCUT2D eigenvalue weighted by molar-refractivity contribution is 6.04. The molecule has 0 fully saturated rings. The van der Waals surface area contributed by atoms with Crippen molar-refractivity contribution in [3.8, 4) is 23.0 Å². The van der Waals surface area contributed by atoms with Gasteiger partial charge in [0.25, 0.3) is 5.91 Å². The zero-order chi connectivity index (χ0) is 24.2. The molecule has 0 aliphatic carbocycles. The smallest absolute Gasteiger partial charge is 0.255 e. The number of ether oxygens (including phenoxy) is 1. The van der Waals surface area contributed by atoms with E-state index in [2.05, 4.69) is 17.2 Å². The first kappa shape index (κ1) is 22.2. The van der Waals surface area contributed by atoms with Crippen LogP contribution >= 0.6 is 0 Å². The van der Waals surface area contributed by atoms with Gasteiger partial charge in [-0.15, -0.1) is 0 Å². The Morgan fingerprint density at radius 2 is 1.80 bits per heavy atom. The molecule has 0 radical (unpaired) electrons. The lowest BCUT2D eigenvalue weighted by molar-refractivity contribution is 0.102. The standard InChI is InChI=1S/C29H24N2O4/c1-2-19-11-14-27-25(15-19)31-29(35-27)24-17-22(12-13-26(24)32)30-28(33)21-9-6-10-23(16-21)34-18-20-7-4-3-5-8-20/h3-17,32H,2,18H2,1H3,(H,30,33). The summed E-state index contributed by atoms with van der Waals surface area (Å²) in [4.78, 5) is 17.4. The quantitative estimate of drug-likeness (QED) is 0.265. The Bertz CT molecular complexity index is 1490. The molecule has 4 aromatic carbocycles. The fraction of sp³-hybridized carbons (Fsp3) is 0.103. The van der Waals surface area contributed by atoms with Crippen LogP contribution in [0.15, 0.2) is 95.4 Å².